The molecule has 1 rings (SSSR count). The fourth-order valence-electron chi connectivity index (χ4n) is 1.16. The molecule has 0 fully saturated rings. The molecule has 0 aliphatic rings. The van der Waals surface area contributed by atoms with Gasteiger partial charge in [0.05, 0.1) is 5.56 Å². The van der Waals surface area contributed by atoms with Crippen molar-refractivity contribution in [1.29, 1.82) is 0 Å². The van der Waals surface area contributed by atoms with E-state index in [-0.39, 0.29) is 0 Å². The second-order valence-electron chi connectivity index (χ2n) is 3.15. The van der Waals surface area contributed by atoms with Gasteiger partial charge in [-0.2, -0.15) is 13.2 Å². The molecule has 6 heteroatoms. The fraction of sp³-hybridized carbons (Fsp3) is 0.300. The third-order valence-corrected chi connectivity index (χ3v) is 1.99. The minimum Gasteiger partial charge on any atom is -0.450 e. The number of carbonyl (C=O) groups is 1. The van der Waals surface area contributed by atoms with Crippen LogP contribution < -0.4 is 0 Å². The molecule has 0 aliphatic carbocycles. The van der Waals surface area contributed by atoms with Crippen LogP contribution in [-0.2, 0) is 10.9 Å². The van der Waals surface area contributed by atoms with Gasteiger partial charge >= 0.3 is 12.3 Å². The van der Waals surface area contributed by atoms with E-state index < -0.39 is 24.0 Å². The van der Waals surface area contributed by atoms with Crippen molar-refractivity contribution >= 4 is 6.16 Å². The molecule has 0 amide bonds. The monoisotopic (exact) mass is 234 g/mol. The Bertz CT molecular complexity index is 370. The van der Waals surface area contributed by atoms with Gasteiger partial charge in [-0.15, -0.1) is 0 Å². The number of ether oxygens (including phenoxy) is 1. The summed E-state index contributed by atoms with van der Waals surface area (Å²) >= 11 is 0. The zero-order chi connectivity index (χ0) is 12.3. The highest BCUT2D eigenvalue weighted by molar-refractivity contribution is 5.57. The van der Waals surface area contributed by atoms with Gasteiger partial charge in [0.1, 0.15) is 6.10 Å². The van der Waals surface area contributed by atoms with Crippen molar-refractivity contribution in [2.24, 2.45) is 0 Å². The lowest BCUT2D eigenvalue weighted by Gasteiger charge is -2.12. The molecule has 1 aromatic carbocycles. The molecular formula is C10H9F3O3. The highest BCUT2D eigenvalue weighted by Gasteiger charge is 2.30. The Labute approximate surface area is 89.5 Å². The number of carboxylic acid groups (broad SMARTS) is 1. The van der Waals surface area contributed by atoms with Crippen molar-refractivity contribution in [2.45, 2.75) is 19.2 Å². The lowest BCUT2D eigenvalue weighted by atomic mass is 10.1. The molecule has 0 saturated carbocycles. The molecule has 1 N–H and O–H groups in total. The zero-order valence-corrected chi connectivity index (χ0v) is 8.28. The summed E-state index contributed by atoms with van der Waals surface area (Å²) in [6.07, 6.45) is -6.65. The maximum atomic E-state index is 12.2. The van der Waals surface area contributed by atoms with Gasteiger partial charge in [-0.3, -0.25) is 0 Å². The number of hydrogen-bond donors (Lipinski definition) is 1. The molecule has 0 heterocycles. The Balaban J connectivity index is 2.83. The van der Waals surface area contributed by atoms with E-state index in [0.717, 1.165) is 12.1 Å². The summed E-state index contributed by atoms with van der Waals surface area (Å²) < 4.78 is 41.0. The summed E-state index contributed by atoms with van der Waals surface area (Å²) in [5.41, 5.74) is -0.408. The molecule has 1 atom stereocenters. The van der Waals surface area contributed by atoms with E-state index in [4.69, 9.17) is 5.11 Å². The second kappa shape index (κ2) is 4.42. The minimum absolute atomic E-state index is 0.371. The third-order valence-electron chi connectivity index (χ3n) is 1.99. The average Bonchev–Trinajstić information content (AvgIpc) is 2.15. The predicted octanol–water partition coefficient (Wildman–Crippen LogP) is 3.46. The fourth-order valence-corrected chi connectivity index (χ4v) is 1.16. The summed E-state index contributed by atoms with van der Waals surface area (Å²) in [4.78, 5) is 10.2. The molecule has 0 radical (unpaired) electrons. The van der Waals surface area contributed by atoms with E-state index in [1.165, 1.54) is 19.1 Å². The first-order valence-corrected chi connectivity index (χ1v) is 4.37. The summed E-state index contributed by atoms with van der Waals surface area (Å²) in [6.45, 7) is 1.44. The highest BCUT2D eigenvalue weighted by Crippen LogP contribution is 2.30. The maximum Gasteiger partial charge on any atom is 0.506 e. The minimum atomic E-state index is -4.39. The van der Waals surface area contributed by atoms with Crippen LogP contribution in [0.5, 0.6) is 0 Å². The van der Waals surface area contributed by atoms with E-state index in [0.29, 0.717) is 5.56 Å². The van der Waals surface area contributed by atoms with Crippen LogP contribution >= 0.6 is 0 Å². The number of rotatable bonds is 2. The second-order valence-corrected chi connectivity index (χ2v) is 3.15. The Morgan fingerprint density at radius 1 is 1.31 bits per heavy atom. The van der Waals surface area contributed by atoms with E-state index in [1.54, 1.807) is 0 Å². The molecule has 0 spiro atoms. The molecule has 1 aromatic rings. The third kappa shape index (κ3) is 3.15. The topological polar surface area (TPSA) is 46.5 Å². The molecular weight excluding hydrogens is 225 g/mol. The number of halogens is 3. The molecule has 0 aliphatic heterocycles. The van der Waals surface area contributed by atoms with Gasteiger partial charge in [0.2, 0.25) is 0 Å². The van der Waals surface area contributed by atoms with Crippen LogP contribution in [0.25, 0.3) is 0 Å². The van der Waals surface area contributed by atoms with Crippen molar-refractivity contribution in [3.63, 3.8) is 0 Å². The van der Waals surface area contributed by atoms with Crippen molar-refractivity contribution < 1.29 is 27.8 Å². The molecule has 88 valence electrons. The quantitative estimate of drug-likeness (QED) is 0.797. The maximum absolute atomic E-state index is 12.2. The van der Waals surface area contributed by atoms with Crippen LogP contribution in [0.15, 0.2) is 24.3 Å². The van der Waals surface area contributed by atoms with Gasteiger partial charge < -0.3 is 9.84 Å². The lowest BCUT2D eigenvalue weighted by Crippen LogP contribution is -2.08. The van der Waals surface area contributed by atoms with Gasteiger partial charge in [0.25, 0.3) is 0 Å². The first-order chi connectivity index (χ1) is 7.30. The van der Waals surface area contributed by atoms with Gasteiger partial charge in [0.15, 0.2) is 0 Å². The van der Waals surface area contributed by atoms with Crippen LogP contribution in [0, 0.1) is 0 Å². The zero-order valence-electron chi connectivity index (χ0n) is 8.28. The SMILES string of the molecule is CC(OC(=O)O)c1ccc(C(F)(F)F)cc1. The smallest absolute Gasteiger partial charge is 0.450 e. The Hall–Kier alpha value is -1.72. The molecule has 1 unspecified atom stereocenters. The van der Waals surface area contributed by atoms with Crippen LogP contribution in [0.3, 0.4) is 0 Å². The van der Waals surface area contributed by atoms with Gasteiger partial charge in [-0.25, -0.2) is 4.79 Å². The summed E-state index contributed by atoms with van der Waals surface area (Å²) in [7, 11) is 0. The molecule has 16 heavy (non-hydrogen) atoms. The largest absolute Gasteiger partial charge is 0.506 e. The van der Waals surface area contributed by atoms with E-state index in [2.05, 4.69) is 4.74 Å². The van der Waals surface area contributed by atoms with Gasteiger partial charge in [-0.1, -0.05) is 12.1 Å². The number of benzene rings is 1. The Kier molecular flexibility index (Phi) is 3.41. The molecule has 3 nitrogen and oxygen atoms in total. The van der Waals surface area contributed by atoms with Crippen molar-refractivity contribution in [2.75, 3.05) is 0 Å². The Morgan fingerprint density at radius 3 is 2.19 bits per heavy atom. The van der Waals surface area contributed by atoms with Crippen LogP contribution in [0.4, 0.5) is 18.0 Å². The van der Waals surface area contributed by atoms with Gasteiger partial charge in [0, 0.05) is 0 Å². The summed E-state index contributed by atoms with van der Waals surface area (Å²) in [5.74, 6) is 0. The lowest BCUT2D eigenvalue weighted by molar-refractivity contribution is -0.137. The molecule has 0 aromatic heterocycles. The van der Waals surface area contributed by atoms with Crippen LogP contribution in [0.2, 0.25) is 0 Å². The highest BCUT2D eigenvalue weighted by atomic mass is 19.4. The standard InChI is InChI=1S/C10H9F3O3/c1-6(16-9(14)15)7-2-4-8(5-3-7)10(11,12)13/h2-6H,1H3,(H,14,15). The van der Waals surface area contributed by atoms with E-state index in [9.17, 15) is 18.0 Å². The van der Waals surface area contributed by atoms with Gasteiger partial charge in [-0.05, 0) is 24.6 Å². The van der Waals surface area contributed by atoms with Crippen LogP contribution in [0.1, 0.15) is 24.2 Å². The Morgan fingerprint density at radius 2 is 1.81 bits per heavy atom. The first-order valence-electron chi connectivity index (χ1n) is 4.37. The first kappa shape index (κ1) is 12.4. The average molecular weight is 234 g/mol. The summed E-state index contributed by atoms with van der Waals surface area (Å²) in [5, 5.41) is 8.33. The number of hydrogen-bond acceptors (Lipinski definition) is 2. The number of alkyl halides is 3. The molecule has 0 bridgehead atoms. The van der Waals surface area contributed by atoms with Crippen molar-refractivity contribution in [1.82, 2.24) is 0 Å². The molecule has 0 saturated heterocycles. The van der Waals surface area contributed by atoms with Crippen molar-refractivity contribution in [3.05, 3.63) is 35.4 Å². The van der Waals surface area contributed by atoms with E-state index >= 15 is 0 Å². The summed E-state index contributed by atoms with van der Waals surface area (Å²) in [6, 6.07) is 4.15. The normalized spacial score (nSPS) is 13.2. The van der Waals surface area contributed by atoms with E-state index in [1.807, 2.05) is 0 Å². The van der Waals surface area contributed by atoms with Crippen LogP contribution in [-0.4, -0.2) is 11.3 Å². The predicted molar refractivity (Wildman–Crippen MR) is 49.0 cm³/mol. The van der Waals surface area contributed by atoms with Crippen molar-refractivity contribution in [3.8, 4) is 0 Å².